The number of aliphatic hydroxyl groups excluding tert-OH is 1. The lowest BCUT2D eigenvalue weighted by Crippen LogP contribution is -2.34. The molecule has 1 amide bonds. The summed E-state index contributed by atoms with van der Waals surface area (Å²) in [5.41, 5.74) is 0.596. The molecule has 0 fully saturated rings. The largest absolute Gasteiger partial charge is 0.436 e. The van der Waals surface area contributed by atoms with Crippen LogP contribution in [0.25, 0.3) is 0 Å². The van der Waals surface area contributed by atoms with Gasteiger partial charge in [-0.1, -0.05) is 20.8 Å². The van der Waals surface area contributed by atoms with Gasteiger partial charge in [0.25, 0.3) is 5.91 Å². The highest BCUT2D eigenvalue weighted by Crippen LogP contribution is 2.20. The Labute approximate surface area is 108 Å². The van der Waals surface area contributed by atoms with Crippen LogP contribution in [0.5, 0.6) is 0 Å². The molecule has 1 unspecified atom stereocenters. The molecule has 0 spiro atoms. The molecule has 0 aliphatic carbocycles. The van der Waals surface area contributed by atoms with Crippen molar-refractivity contribution in [2.45, 2.75) is 47.1 Å². The Balaban J connectivity index is 2.49. The van der Waals surface area contributed by atoms with Gasteiger partial charge in [-0.2, -0.15) is 0 Å². The van der Waals surface area contributed by atoms with Gasteiger partial charge in [0, 0.05) is 13.5 Å². The molecule has 0 aromatic carbocycles. The second-order valence-electron chi connectivity index (χ2n) is 5.78. The van der Waals surface area contributed by atoms with Gasteiger partial charge in [-0.25, -0.2) is 4.98 Å². The van der Waals surface area contributed by atoms with Crippen LogP contribution in [0.4, 0.5) is 0 Å². The number of rotatable bonds is 4. The van der Waals surface area contributed by atoms with Gasteiger partial charge in [-0.05, 0) is 18.8 Å². The summed E-state index contributed by atoms with van der Waals surface area (Å²) in [7, 11) is 0. The van der Waals surface area contributed by atoms with E-state index < -0.39 is 6.10 Å². The quantitative estimate of drug-likeness (QED) is 0.859. The first-order valence-electron chi connectivity index (χ1n) is 6.09. The molecular formula is C13H22N2O3. The van der Waals surface area contributed by atoms with Gasteiger partial charge in [0.05, 0.1) is 11.8 Å². The Morgan fingerprint density at radius 1 is 1.44 bits per heavy atom. The van der Waals surface area contributed by atoms with Crippen LogP contribution in [0.3, 0.4) is 0 Å². The zero-order chi connectivity index (χ0) is 13.9. The lowest BCUT2D eigenvalue weighted by molar-refractivity contribution is 0.0842. The van der Waals surface area contributed by atoms with Crippen molar-refractivity contribution in [1.82, 2.24) is 10.3 Å². The molecule has 0 saturated heterocycles. The molecule has 0 aliphatic rings. The number of nitrogens with zero attached hydrogens (tertiary/aromatic N) is 1. The first kappa shape index (κ1) is 14.7. The molecule has 1 atom stereocenters. The predicted molar refractivity (Wildman–Crippen MR) is 68.4 cm³/mol. The highest BCUT2D eigenvalue weighted by Gasteiger charge is 2.19. The zero-order valence-electron chi connectivity index (χ0n) is 11.7. The van der Waals surface area contributed by atoms with Gasteiger partial charge >= 0.3 is 0 Å². The standard InChI is InChI=1S/C13H22N2O3/c1-8-11(18-9(2)15-8)12(17)14-7-10(16)6-13(3,4)5/h10,16H,6-7H2,1-5H3,(H,14,17). The van der Waals surface area contributed by atoms with E-state index in [9.17, 15) is 9.90 Å². The third-order valence-corrected chi connectivity index (χ3v) is 2.46. The van der Waals surface area contributed by atoms with Gasteiger partial charge in [0.2, 0.25) is 5.76 Å². The second kappa shape index (κ2) is 5.52. The Morgan fingerprint density at radius 3 is 2.50 bits per heavy atom. The number of carbonyl (C=O) groups is 1. The number of hydrogen-bond donors (Lipinski definition) is 2. The first-order chi connectivity index (χ1) is 8.19. The summed E-state index contributed by atoms with van der Waals surface area (Å²) in [5, 5.41) is 12.4. The molecule has 2 N–H and O–H groups in total. The van der Waals surface area contributed by atoms with Crippen LogP contribution in [0, 0.1) is 19.3 Å². The smallest absolute Gasteiger partial charge is 0.289 e. The summed E-state index contributed by atoms with van der Waals surface area (Å²) in [6.07, 6.45) is 0.0695. The van der Waals surface area contributed by atoms with Crippen molar-refractivity contribution in [3.63, 3.8) is 0 Å². The molecule has 1 aromatic heterocycles. The van der Waals surface area contributed by atoms with E-state index in [0.717, 1.165) is 0 Å². The summed E-state index contributed by atoms with van der Waals surface area (Å²) in [6, 6.07) is 0. The highest BCUT2D eigenvalue weighted by molar-refractivity contribution is 5.92. The van der Waals surface area contributed by atoms with Crippen LogP contribution in [-0.2, 0) is 0 Å². The van der Waals surface area contributed by atoms with Crippen molar-refractivity contribution < 1.29 is 14.3 Å². The summed E-state index contributed by atoms with van der Waals surface area (Å²) in [4.78, 5) is 15.8. The molecule has 1 aromatic rings. The van der Waals surface area contributed by atoms with Gasteiger partial charge in [-0.3, -0.25) is 4.79 Å². The van der Waals surface area contributed by atoms with E-state index in [1.54, 1.807) is 13.8 Å². The Hall–Kier alpha value is -1.36. The van der Waals surface area contributed by atoms with Crippen molar-refractivity contribution in [3.05, 3.63) is 17.3 Å². The third kappa shape index (κ3) is 4.49. The van der Waals surface area contributed by atoms with Crippen molar-refractivity contribution in [2.75, 3.05) is 6.54 Å². The summed E-state index contributed by atoms with van der Waals surface area (Å²) >= 11 is 0. The van der Waals surface area contributed by atoms with Crippen LogP contribution in [0.1, 0.15) is 49.3 Å². The van der Waals surface area contributed by atoms with Crippen molar-refractivity contribution >= 4 is 5.91 Å². The number of carbonyl (C=O) groups excluding carboxylic acids is 1. The number of hydrogen-bond acceptors (Lipinski definition) is 4. The SMILES string of the molecule is Cc1nc(C)c(C(=O)NCC(O)CC(C)(C)C)o1. The van der Waals surface area contributed by atoms with Crippen LogP contribution in [0.15, 0.2) is 4.42 Å². The molecule has 0 bridgehead atoms. The summed E-state index contributed by atoms with van der Waals surface area (Å²) < 4.78 is 5.20. The fraction of sp³-hybridized carbons (Fsp3) is 0.692. The van der Waals surface area contributed by atoms with Crippen LogP contribution < -0.4 is 5.32 Å². The van der Waals surface area contributed by atoms with E-state index in [4.69, 9.17) is 4.42 Å². The molecule has 5 nitrogen and oxygen atoms in total. The van der Waals surface area contributed by atoms with Crippen molar-refractivity contribution in [2.24, 2.45) is 5.41 Å². The van der Waals surface area contributed by atoms with E-state index >= 15 is 0 Å². The van der Waals surface area contributed by atoms with E-state index in [1.807, 2.05) is 20.8 Å². The zero-order valence-corrected chi connectivity index (χ0v) is 11.7. The Bertz CT molecular complexity index is 418. The molecule has 102 valence electrons. The monoisotopic (exact) mass is 254 g/mol. The number of oxazole rings is 1. The second-order valence-corrected chi connectivity index (χ2v) is 5.78. The Morgan fingerprint density at radius 2 is 2.06 bits per heavy atom. The maximum absolute atomic E-state index is 11.8. The molecule has 1 rings (SSSR count). The van der Waals surface area contributed by atoms with E-state index in [1.165, 1.54) is 0 Å². The lowest BCUT2D eigenvalue weighted by Gasteiger charge is -2.22. The van der Waals surface area contributed by atoms with Gasteiger partial charge < -0.3 is 14.8 Å². The van der Waals surface area contributed by atoms with Crippen LogP contribution in [-0.4, -0.2) is 28.6 Å². The van der Waals surface area contributed by atoms with Gasteiger partial charge in [0.1, 0.15) is 0 Å². The molecule has 1 heterocycles. The number of nitrogens with one attached hydrogen (secondary N) is 1. The van der Waals surface area contributed by atoms with E-state index in [2.05, 4.69) is 10.3 Å². The van der Waals surface area contributed by atoms with E-state index in [0.29, 0.717) is 18.0 Å². The summed E-state index contributed by atoms with van der Waals surface area (Å²) in [5.74, 6) is 0.351. The molecule has 0 radical (unpaired) electrons. The fourth-order valence-corrected chi connectivity index (χ4v) is 1.81. The van der Waals surface area contributed by atoms with Crippen LogP contribution >= 0.6 is 0 Å². The van der Waals surface area contributed by atoms with E-state index in [-0.39, 0.29) is 23.6 Å². The van der Waals surface area contributed by atoms with Gasteiger partial charge in [0.15, 0.2) is 5.89 Å². The molecule has 0 saturated carbocycles. The minimum atomic E-state index is -0.557. The van der Waals surface area contributed by atoms with Crippen molar-refractivity contribution in [3.8, 4) is 0 Å². The molecule has 18 heavy (non-hydrogen) atoms. The Kier molecular flexibility index (Phi) is 4.51. The number of aryl methyl sites for hydroxylation is 2. The molecule has 5 heteroatoms. The number of amides is 1. The highest BCUT2D eigenvalue weighted by atomic mass is 16.4. The third-order valence-electron chi connectivity index (χ3n) is 2.46. The minimum Gasteiger partial charge on any atom is -0.436 e. The minimum absolute atomic E-state index is 0.0306. The molecular weight excluding hydrogens is 232 g/mol. The average Bonchev–Trinajstić information content (AvgIpc) is 2.52. The predicted octanol–water partition coefficient (Wildman–Crippen LogP) is 1.82. The maximum Gasteiger partial charge on any atom is 0.289 e. The summed E-state index contributed by atoms with van der Waals surface area (Å²) in [6.45, 7) is 9.76. The lowest BCUT2D eigenvalue weighted by atomic mass is 9.89. The normalized spacial score (nSPS) is 13.4. The maximum atomic E-state index is 11.8. The first-order valence-corrected chi connectivity index (χ1v) is 6.09. The van der Waals surface area contributed by atoms with Crippen LogP contribution in [0.2, 0.25) is 0 Å². The van der Waals surface area contributed by atoms with Crippen molar-refractivity contribution in [1.29, 1.82) is 0 Å². The van der Waals surface area contributed by atoms with Gasteiger partial charge in [-0.15, -0.1) is 0 Å². The topological polar surface area (TPSA) is 75.4 Å². The fourth-order valence-electron chi connectivity index (χ4n) is 1.81. The number of aliphatic hydroxyl groups is 1. The molecule has 0 aliphatic heterocycles. The average molecular weight is 254 g/mol. The number of aromatic nitrogens is 1.